The van der Waals surface area contributed by atoms with Crippen molar-refractivity contribution in [2.75, 3.05) is 21.7 Å². The number of nitriles is 1. The van der Waals surface area contributed by atoms with Crippen molar-refractivity contribution >= 4 is 50.9 Å². The van der Waals surface area contributed by atoms with E-state index in [1.807, 2.05) is 0 Å². The minimum Gasteiger partial charge on any atom is -0.379 e. The van der Waals surface area contributed by atoms with Crippen LogP contribution in [-0.4, -0.2) is 33.6 Å². The molecule has 0 bridgehead atoms. The van der Waals surface area contributed by atoms with Crippen molar-refractivity contribution in [2.24, 2.45) is 0 Å². The van der Waals surface area contributed by atoms with Gasteiger partial charge in [-0.25, -0.2) is 0 Å². The standard InChI is InChI=1S/C20H17BrF3N3O3S/c1-19(30,11-31-15-4-2-3-13(7-15)26-17(28)9-21)18(29)27-14-6-5-12(10-25)16(8-14)20(22,23)24/h2-8,30H,9,11H2,1H3,(H,26,28)(H,27,29). The Morgan fingerprint density at radius 1 is 1.16 bits per heavy atom. The van der Waals surface area contributed by atoms with E-state index in [-0.39, 0.29) is 22.7 Å². The maximum atomic E-state index is 13.1. The van der Waals surface area contributed by atoms with Gasteiger partial charge < -0.3 is 15.7 Å². The Morgan fingerprint density at radius 2 is 1.84 bits per heavy atom. The van der Waals surface area contributed by atoms with Gasteiger partial charge in [0, 0.05) is 22.0 Å². The number of rotatable bonds is 7. The molecular weight excluding hydrogens is 499 g/mol. The maximum absolute atomic E-state index is 13.1. The maximum Gasteiger partial charge on any atom is 0.417 e. The summed E-state index contributed by atoms with van der Waals surface area (Å²) < 4.78 is 39.3. The molecule has 6 nitrogen and oxygen atoms in total. The van der Waals surface area contributed by atoms with Crippen LogP contribution in [0.15, 0.2) is 47.4 Å². The summed E-state index contributed by atoms with van der Waals surface area (Å²) >= 11 is 4.17. The van der Waals surface area contributed by atoms with Gasteiger partial charge in [0.25, 0.3) is 5.91 Å². The van der Waals surface area contributed by atoms with Crippen LogP contribution in [0, 0.1) is 11.3 Å². The summed E-state index contributed by atoms with van der Waals surface area (Å²) in [6, 6.07) is 11.0. The van der Waals surface area contributed by atoms with E-state index < -0.39 is 28.8 Å². The van der Waals surface area contributed by atoms with Gasteiger partial charge in [0.1, 0.15) is 5.60 Å². The predicted octanol–water partition coefficient (Wildman–Crippen LogP) is 4.39. The first-order chi connectivity index (χ1) is 14.5. The number of carbonyl (C=O) groups excluding carboxylic acids is 2. The fourth-order valence-corrected chi connectivity index (χ4v) is 3.47. The highest BCUT2D eigenvalue weighted by Gasteiger charge is 2.35. The Bertz CT molecular complexity index is 1020. The Hall–Kier alpha value is -2.55. The highest BCUT2D eigenvalue weighted by molar-refractivity contribution is 9.09. The number of thioether (sulfide) groups is 1. The first-order valence-corrected chi connectivity index (χ1v) is 10.8. The van der Waals surface area contributed by atoms with E-state index in [9.17, 15) is 27.9 Å². The van der Waals surface area contributed by atoms with Crippen LogP contribution in [0.1, 0.15) is 18.1 Å². The lowest BCUT2D eigenvalue weighted by molar-refractivity contribution is -0.137. The van der Waals surface area contributed by atoms with Crippen molar-refractivity contribution in [2.45, 2.75) is 23.6 Å². The Labute approximate surface area is 189 Å². The molecule has 0 aliphatic carbocycles. The number of benzene rings is 2. The number of amides is 2. The van der Waals surface area contributed by atoms with Crippen LogP contribution in [0.2, 0.25) is 0 Å². The van der Waals surface area contributed by atoms with E-state index in [4.69, 9.17) is 5.26 Å². The number of carbonyl (C=O) groups is 2. The average molecular weight is 516 g/mol. The molecule has 0 spiro atoms. The summed E-state index contributed by atoms with van der Waals surface area (Å²) in [5.74, 6) is -1.24. The molecule has 0 aromatic heterocycles. The zero-order valence-electron chi connectivity index (χ0n) is 16.1. The van der Waals surface area contributed by atoms with Crippen molar-refractivity contribution in [3.8, 4) is 6.07 Å². The zero-order valence-corrected chi connectivity index (χ0v) is 18.5. The molecular formula is C20H17BrF3N3O3S. The third-order valence-electron chi connectivity index (χ3n) is 3.95. The lowest BCUT2D eigenvalue weighted by Crippen LogP contribution is -2.42. The second-order valence-corrected chi connectivity index (χ2v) is 8.21. The van der Waals surface area contributed by atoms with Crippen LogP contribution in [0.25, 0.3) is 0 Å². The Morgan fingerprint density at radius 3 is 2.45 bits per heavy atom. The van der Waals surface area contributed by atoms with Gasteiger partial charge in [0.2, 0.25) is 5.91 Å². The Kier molecular flexibility index (Phi) is 8.11. The number of nitrogens with one attached hydrogen (secondary N) is 2. The third-order valence-corrected chi connectivity index (χ3v) is 5.75. The summed E-state index contributed by atoms with van der Waals surface area (Å²) in [7, 11) is 0. The molecule has 3 N–H and O–H groups in total. The third kappa shape index (κ3) is 6.99. The molecule has 0 saturated heterocycles. The summed E-state index contributed by atoms with van der Waals surface area (Å²) in [6.45, 7) is 1.24. The quantitative estimate of drug-likeness (QED) is 0.374. The minimum absolute atomic E-state index is 0.100. The van der Waals surface area contributed by atoms with Crippen LogP contribution < -0.4 is 10.6 Å². The number of aliphatic hydroxyl groups is 1. The number of halogens is 4. The first kappa shape index (κ1) is 24.7. The fourth-order valence-electron chi connectivity index (χ4n) is 2.37. The molecule has 11 heteroatoms. The predicted molar refractivity (Wildman–Crippen MR) is 115 cm³/mol. The van der Waals surface area contributed by atoms with Gasteiger partial charge in [0.05, 0.1) is 22.5 Å². The topological polar surface area (TPSA) is 102 Å². The lowest BCUT2D eigenvalue weighted by atomic mass is 10.1. The molecule has 164 valence electrons. The van der Waals surface area contributed by atoms with Gasteiger partial charge in [0.15, 0.2) is 0 Å². The van der Waals surface area contributed by atoms with Crippen LogP contribution in [0.3, 0.4) is 0 Å². The van der Waals surface area contributed by atoms with E-state index in [0.29, 0.717) is 16.6 Å². The van der Waals surface area contributed by atoms with Crippen molar-refractivity contribution < 1.29 is 27.9 Å². The number of anilines is 2. The molecule has 2 rings (SSSR count). The van der Waals surface area contributed by atoms with E-state index in [2.05, 4.69) is 26.6 Å². The molecule has 0 radical (unpaired) electrons. The molecule has 31 heavy (non-hydrogen) atoms. The summed E-state index contributed by atoms with van der Waals surface area (Å²) in [5.41, 5.74) is -3.31. The van der Waals surface area contributed by atoms with Crippen molar-refractivity contribution in [1.82, 2.24) is 0 Å². The van der Waals surface area contributed by atoms with Crippen LogP contribution in [0.5, 0.6) is 0 Å². The molecule has 0 fully saturated rings. The monoisotopic (exact) mass is 515 g/mol. The van der Waals surface area contributed by atoms with Crippen molar-refractivity contribution in [3.05, 3.63) is 53.6 Å². The van der Waals surface area contributed by atoms with E-state index in [0.717, 1.165) is 23.9 Å². The van der Waals surface area contributed by atoms with Gasteiger partial charge >= 0.3 is 6.18 Å². The first-order valence-electron chi connectivity index (χ1n) is 8.70. The second kappa shape index (κ2) is 10.2. The summed E-state index contributed by atoms with van der Waals surface area (Å²) in [5, 5.41) is 24.4. The SMILES string of the molecule is CC(O)(CSc1cccc(NC(=O)CBr)c1)C(=O)Nc1ccc(C#N)c(C(F)(F)F)c1. The fraction of sp³-hybridized carbons (Fsp3) is 0.250. The largest absolute Gasteiger partial charge is 0.417 e. The van der Waals surface area contributed by atoms with Crippen molar-refractivity contribution in [3.63, 3.8) is 0 Å². The minimum atomic E-state index is -4.76. The molecule has 0 aliphatic heterocycles. The molecule has 2 aromatic rings. The smallest absolute Gasteiger partial charge is 0.379 e. The normalized spacial score (nSPS) is 13.1. The van der Waals surface area contributed by atoms with E-state index in [1.165, 1.54) is 13.0 Å². The molecule has 0 heterocycles. The lowest BCUT2D eigenvalue weighted by Gasteiger charge is -2.22. The number of hydrogen-bond acceptors (Lipinski definition) is 5. The van der Waals surface area contributed by atoms with Crippen LogP contribution in [0.4, 0.5) is 24.5 Å². The molecule has 2 aromatic carbocycles. The van der Waals surface area contributed by atoms with Gasteiger partial charge in [-0.05, 0) is 43.3 Å². The highest BCUT2D eigenvalue weighted by atomic mass is 79.9. The molecule has 0 saturated carbocycles. The van der Waals surface area contributed by atoms with E-state index in [1.54, 1.807) is 24.3 Å². The molecule has 1 atom stereocenters. The van der Waals surface area contributed by atoms with Gasteiger partial charge in [-0.3, -0.25) is 9.59 Å². The molecule has 1 unspecified atom stereocenters. The summed E-state index contributed by atoms with van der Waals surface area (Å²) in [6.07, 6.45) is -4.76. The highest BCUT2D eigenvalue weighted by Crippen LogP contribution is 2.34. The van der Waals surface area contributed by atoms with Gasteiger partial charge in [-0.1, -0.05) is 22.0 Å². The molecule has 0 aliphatic rings. The molecule has 2 amide bonds. The summed E-state index contributed by atoms with van der Waals surface area (Å²) in [4.78, 5) is 24.6. The Balaban J connectivity index is 2.08. The number of hydrogen-bond donors (Lipinski definition) is 3. The van der Waals surface area contributed by atoms with Gasteiger partial charge in [-0.2, -0.15) is 18.4 Å². The van der Waals surface area contributed by atoms with E-state index >= 15 is 0 Å². The van der Waals surface area contributed by atoms with Crippen LogP contribution in [-0.2, 0) is 15.8 Å². The van der Waals surface area contributed by atoms with Gasteiger partial charge in [-0.15, -0.1) is 11.8 Å². The average Bonchev–Trinajstić information content (AvgIpc) is 2.71. The number of nitrogens with zero attached hydrogens (tertiary/aromatic N) is 1. The van der Waals surface area contributed by atoms with Crippen LogP contribution >= 0.6 is 27.7 Å². The second-order valence-electron chi connectivity index (χ2n) is 6.60. The van der Waals surface area contributed by atoms with Crippen molar-refractivity contribution in [1.29, 1.82) is 5.26 Å². The zero-order chi connectivity index (χ0) is 23.2. The number of alkyl halides is 4.